The summed E-state index contributed by atoms with van der Waals surface area (Å²) in [5, 5.41) is 3.39. The van der Waals surface area contributed by atoms with E-state index in [1.165, 1.54) is 0 Å². The minimum atomic E-state index is -0.251. The van der Waals surface area contributed by atoms with Gasteiger partial charge in [0.2, 0.25) is 0 Å². The summed E-state index contributed by atoms with van der Waals surface area (Å²) in [6, 6.07) is 3.97. The van der Waals surface area contributed by atoms with Gasteiger partial charge in [0, 0.05) is 38.6 Å². The summed E-state index contributed by atoms with van der Waals surface area (Å²) >= 11 is 0. The molecule has 0 unspecified atom stereocenters. The van der Waals surface area contributed by atoms with Crippen LogP contribution in [-0.4, -0.2) is 56.7 Å². The van der Waals surface area contributed by atoms with Crippen LogP contribution < -0.4 is 5.32 Å². The van der Waals surface area contributed by atoms with Gasteiger partial charge in [0.05, 0.1) is 31.0 Å². The van der Waals surface area contributed by atoms with Crippen molar-refractivity contribution >= 4 is 11.7 Å². The Morgan fingerprint density at radius 2 is 2.36 bits per heavy atom. The highest BCUT2D eigenvalue weighted by Crippen LogP contribution is 2.36. The Kier molecular flexibility index (Phi) is 4.17. The quantitative estimate of drug-likeness (QED) is 0.920. The first-order valence-corrected chi connectivity index (χ1v) is 8.72. The second-order valence-corrected chi connectivity index (χ2v) is 6.96. The van der Waals surface area contributed by atoms with Crippen LogP contribution in [0.4, 0.5) is 5.82 Å². The van der Waals surface area contributed by atoms with Gasteiger partial charge in [0.25, 0.3) is 5.91 Å². The molecule has 25 heavy (non-hydrogen) atoms. The summed E-state index contributed by atoms with van der Waals surface area (Å²) in [6.07, 6.45) is 9.79. The van der Waals surface area contributed by atoms with Gasteiger partial charge in [-0.15, -0.1) is 0 Å². The Hall–Kier alpha value is -2.41. The lowest BCUT2D eigenvalue weighted by Crippen LogP contribution is -2.50. The average Bonchev–Trinajstić information content (AvgIpc) is 3.22. The van der Waals surface area contributed by atoms with Gasteiger partial charge in [0.15, 0.2) is 0 Å². The predicted octanol–water partition coefficient (Wildman–Crippen LogP) is 1.69. The minimum absolute atomic E-state index is 0.0838. The van der Waals surface area contributed by atoms with Gasteiger partial charge in [-0.05, 0) is 25.0 Å². The summed E-state index contributed by atoms with van der Waals surface area (Å²) in [5.41, 5.74) is 0.475. The molecule has 4 heterocycles. The molecular formula is C18H23N5O2. The lowest BCUT2D eigenvalue weighted by molar-refractivity contribution is -0.0449. The molecule has 0 radical (unpaired) electrons. The van der Waals surface area contributed by atoms with Crippen molar-refractivity contribution in [1.82, 2.24) is 19.4 Å². The molecule has 0 bridgehead atoms. The van der Waals surface area contributed by atoms with Crippen LogP contribution in [0.25, 0.3) is 0 Å². The fourth-order valence-electron chi connectivity index (χ4n) is 3.92. The molecule has 2 aliphatic heterocycles. The number of hydrogen-bond acceptors (Lipinski definition) is 5. The number of hydrogen-bond donors (Lipinski definition) is 1. The van der Waals surface area contributed by atoms with Gasteiger partial charge >= 0.3 is 0 Å². The molecule has 2 fully saturated rings. The van der Waals surface area contributed by atoms with Crippen molar-refractivity contribution in [2.75, 3.05) is 25.0 Å². The first kappa shape index (κ1) is 16.1. The van der Waals surface area contributed by atoms with Crippen molar-refractivity contribution in [2.24, 2.45) is 7.05 Å². The van der Waals surface area contributed by atoms with Crippen LogP contribution in [0.1, 0.15) is 29.8 Å². The standard InChI is InChI=1S/C18H23N5O2/c1-22-8-2-4-15(22)17(24)23-9-3-5-18(13-23)10-14(12-25-18)21-16-11-19-6-7-20-16/h2,4,6-8,11,14H,3,5,9-10,12-13H2,1H3,(H,20,21)/t14-,18+/m0/s1. The lowest BCUT2D eigenvalue weighted by Gasteiger charge is -2.39. The molecule has 2 aliphatic rings. The normalized spacial score (nSPS) is 26.1. The van der Waals surface area contributed by atoms with Crippen LogP contribution >= 0.6 is 0 Å². The van der Waals surface area contributed by atoms with Gasteiger partial charge in [0.1, 0.15) is 11.5 Å². The number of aryl methyl sites for hydroxylation is 1. The third kappa shape index (κ3) is 3.24. The number of ether oxygens (including phenoxy) is 1. The van der Waals surface area contributed by atoms with E-state index in [0.29, 0.717) is 13.2 Å². The Bertz CT molecular complexity index is 747. The molecule has 2 saturated heterocycles. The van der Waals surface area contributed by atoms with Crippen LogP contribution in [0.2, 0.25) is 0 Å². The van der Waals surface area contributed by atoms with E-state index >= 15 is 0 Å². The molecule has 0 aliphatic carbocycles. The summed E-state index contributed by atoms with van der Waals surface area (Å²) in [6.45, 7) is 2.07. The monoisotopic (exact) mass is 341 g/mol. The SMILES string of the molecule is Cn1cccc1C(=O)N1CCC[C@@]2(C[C@H](Nc3cnccn3)CO2)C1. The molecule has 1 amide bonds. The zero-order chi connectivity index (χ0) is 17.3. The molecule has 2 aromatic rings. The molecule has 1 N–H and O–H groups in total. The topological polar surface area (TPSA) is 72.3 Å². The summed E-state index contributed by atoms with van der Waals surface area (Å²) in [5.74, 6) is 0.848. The maximum atomic E-state index is 12.8. The largest absolute Gasteiger partial charge is 0.371 e. The third-order valence-corrected chi connectivity index (χ3v) is 5.11. The van der Waals surface area contributed by atoms with Crippen LogP contribution in [0, 0.1) is 0 Å². The Balaban J connectivity index is 1.42. The highest BCUT2D eigenvalue weighted by Gasteiger charge is 2.44. The van der Waals surface area contributed by atoms with E-state index < -0.39 is 0 Å². The van der Waals surface area contributed by atoms with Crippen molar-refractivity contribution in [3.63, 3.8) is 0 Å². The predicted molar refractivity (Wildman–Crippen MR) is 93.3 cm³/mol. The molecule has 1 spiro atoms. The molecular weight excluding hydrogens is 318 g/mol. The van der Waals surface area contributed by atoms with E-state index in [9.17, 15) is 4.79 Å². The number of aromatic nitrogens is 3. The van der Waals surface area contributed by atoms with Crippen molar-refractivity contribution in [2.45, 2.75) is 30.9 Å². The minimum Gasteiger partial charge on any atom is -0.371 e. The van der Waals surface area contributed by atoms with Gasteiger partial charge in [-0.3, -0.25) is 9.78 Å². The number of likely N-dealkylation sites (tertiary alicyclic amines) is 1. The van der Waals surface area contributed by atoms with Crippen molar-refractivity contribution in [3.8, 4) is 0 Å². The van der Waals surface area contributed by atoms with Gasteiger partial charge in [-0.2, -0.15) is 0 Å². The third-order valence-electron chi connectivity index (χ3n) is 5.11. The molecule has 0 aromatic carbocycles. The summed E-state index contributed by atoms with van der Waals surface area (Å²) in [4.78, 5) is 23.1. The van der Waals surface area contributed by atoms with E-state index in [0.717, 1.165) is 37.3 Å². The fraction of sp³-hybridized carbons (Fsp3) is 0.500. The van der Waals surface area contributed by atoms with Gasteiger partial charge in [-0.1, -0.05) is 0 Å². The molecule has 7 heteroatoms. The second kappa shape index (κ2) is 6.48. The smallest absolute Gasteiger partial charge is 0.270 e. The fourth-order valence-corrected chi connectivity index (χ4v) is 3.92. The average molecular weight is 341 g/mol. The Morgan fingerprint density at radius 3 is 3.12 bits per heavy atom. The molecule has 2 aromatic heterocycles. The zero-order valence-corrected chi connectivity index (χ0v) is 14.4. The van der Waals surface area contributed by atoms with Gasteiger partial charge in [-0.25, -0.2) is 4.98 Å². The number of nitrogens with one attached hydrogen (secondary N) is 1. The number of carbonyl (C=O) groups is 1. The van der Waals surface area contributed by atoms with E-state index in [4.69, 9.17) is 4.74 Å². The second-order valence-electron chi connectivity index (χ2n) is 6.96. The zero-order valence-electron chi connectivity index (χ0n) is 14.4. The van der Waals surface area contributed by atoms with Crippen LogP contribution in [0.15, 0.2) is 36.9 Å². The molecule has 7 nitrogen and oxygen atoms in total. The number of rotatable bonds is 3. The number of anilines is 1. The highest BCUT2D eigenvalue weighted by atomic mass is 16.5. The van der Waals surface area contributed by atoms with Gasteiger partial charge < -0.3 is 19.5 Å². The summed E-state index contributed by atoms with van der Waals surface area (Å²) < 4.78 is 8.06. The van der Waals surface area contributed by atoms with E-state index in [2.05, 4.69) is 15.3 Å². The molecule has 132 valence electrons. The number of amides is 1. The molecule has 4 rings (SSSR count). The lowest BCUT2D eigenvalue weighted by atomic mass is 9.88. The van der Waals surface area contributed by atoms with Crippen molar-refractivity contribution in [1.29, 1.82) is 0 Å². The van der Waals surface area contributed by atoms with E-state index in [-0.39, 0.29) is 17.6 Å². The number of carbonyl (C=O) groups excluding carboxylic acids is 1. The van der Waals surface area contributed by atoms with Crippen molar-refractivity contribution in [3.05, 3.63) is 42.6 Å². The maximum absolute atomic E-state index is 12.8. The summed E-state index contributed by atoms with van der Waals surface area (Å²) in [7, 11) is 1.90. The molecule has 2 atom stereocenters. The van der Waals surface area contributed by atoms with E-state index in [1.54, 1.807) is 18.6 Å². The van der Waals surface area contributed by atoms with Crippen molar-refractivity contribution < 1.29 is 9.53 Å². The first-order chi connectivity index (χ1) is 12.2. The Morgan fingerprint density at radius 1 is 1.44 bits per heavy atom. The van der Waals surface area contributed by atoms with Crippen LogP contribution in [0.5, 0.6) is 0 Å². The first-order valence-electron chi connectivity index (χ1n) is 8.72. The van der Waals surface area contributed by atoms with Crippen LogP contribution in [-0.2, 0) is 11.8 Å². The Labute approximate surface area is 147 Å². The highest BCUT2D eigenvalue weighted by molar-refractivity contribution is 5.92. The van der Waals surface area contributed by atoms with E-state index in [1.807, 2.05) is 34.8 Å². The number of piperidine rings is 1. The number of nitrogens with zero attached hydrogens (tertiary/aromatic N) is 4. The maximum Gasteiger partial charge on any atom is 0.270 e. The molecule has 0 saturated carbocycles. The van der Waals surface area contributed by atoms with Crippen LogP contribution in [0.3, 0.4) is 0 Å².